The highest BCUT2D eigenvalue weighted by Gasteiger charge is 2.38. The first-order valence-electron chi connectivity index (χ1n) is 9.94. The first kappa shape index (κ1) is 19.7. The van der Waals surface area contributed by atoms with Crippen LogP contribution in [0.5, 0.6) is 0 Å². The molecule has 1 aliphatic heterocycles. The van der Waals surface area contributed by atoms with Crippen LogP contribution in [0, 0.1) is 6.92 Å². The van der Waals surface area contributed by atoms with Crippen LogP contribution in [0.15, 0.2) is 35.4 Å². The molecular weight excluding hydrogens is 392 g/mol. The molecular formula is C21H26N2O3S2. The van der Waals surface area contributed by atoms with Crippen molar-refractivity contribution in [3.8, 4) is 0 Å². The maximum Gasteiger partial charge on any atom is 0.233 e. The van der Waals surface area contributed by atoms with Gasteiger partial charge in [-0.15, -0.1) is 0 Å². The standard InChI is InChI=1S/C21H26N2O3S2/c1-15-12-20(22-19-9-5-4-8-18(15)19)27-13-21(24)23(16-6-2-3-7-16)17-10-11-28(25,26)14-17/h4-5,8-9,12,16-17H,2-3,6-7,10-11,13-14H2,1H3. The van der Waals surface area contributed by atoms with Gasteiger partial charge in [-0.25, -0.2) is 13.4 Å². The van der Waals surface area contributed by atoms with Crippen LogP contribution >= 0.6 is 11.8 Å². The van der Waals surface area contributed by atoms with E-state index in [2.05, 4.69) is 18.0 Å². The van der Waals surface area contributed by atoms with E-state index in [1.54, 1.807) is 0 Å². The Kier molecular flexibility index (Phi) is 5.65. The Labute approximate surface area is 170 Å². The van der Waals surface area contributed by atoms with Crippen molar-refractivity contribution in [2.45, 2.75) is 56.1 Å². The quantitative estimate of drug-likeness (QED) is 0.694. The van der Waals surface area contributed by atoms with E-state index < -0.39 is 9.84 Å². The number of aromatic nitrogens is 1. The predicted octanol–water partition coefficient (Wildman–Crippen LogP) is 3.59. The lowest BCUT2D eigenvalue weighted by Gasteiger charge is -2.34. The number of carbonyl (C=O) groups is 1. The van der Waals surface area contributed by atoms with Crippen LogP contribution in [0.3, 0.4) is 0 Å². The molecule has 1 saturated heterocycles. The highest BCUT2D eigenvalue weighted by Crippen LogP contribution is 2.31. The van der Waals surface area contributed by atoms with Gasteiger partial charge in [-0.3, -0.25) is 4.79 Å². The number of hydrogen-bond acceptors (Lipinski definition) is 5. The molecule has 28 heavy (non-hydrogen) atoms. The first-order chi connectivity index (χ1) is 13.4. The highest BCUT2D eigenvalue weighted by atomic mass is 32.2. The summed E-state index contributed by atoms with van der Waals surface area (Å²) < 4.78 is 23.9. The van der Waals surface area contributed by atoms with Gasteiger partial charge >= 0.3 is 0 Å². The number of benzene rings is 1. The Hall–Kier alpha value is -1.60. The van der Waals surface area contributed by atoms with E-state index >= 15 is 0 Å². The lowest BCUT2D eigenvalue weighted by molar-refractivity contribution is -0.132. The fourth-order valence-corrected chi connectivity index (χ4v) is 7.04. The molecule has 1 aromatic carbocycles. The van der Waals surface area contributed by atoms with Crippen LogP contribution in [0.2, 0.25) is 0 Å². The van der Waals surface area contributed by atoms with Crippen molar-refractivity contribution in [2.24, 2.45) is 0 Å². The van der Waals surface area contributed by atoms with E-state index in [1.165, 1.54) is 11.8 Å². The Morgan fingerprint density at radius 2 is 1.93 bits per heavy atom. The molecule has 2 aromatic rings. The van der Waals surface area contributed by atoms with Gasteiger partial charge in [0.2, 0.25) is 5.91 Å². The average Bonchev–Trinajstić information content (AvgIpc) is 3.30. The van der Waals surface area contributed by atoms with E-state index in [9.17, 15) is 13.2 Å². The number of thioether (sulfide) groups is 1. The fourth-order valence-electron chi connectivity index (χ4n) is 4.49. The second-order valence-electron chi connectivity index (χ2n) is 7.88. The van der Waals surface area contributed by atoms with E-state index in [1.807, 2.05) is 29.2 Å². The summed E-state index contributed by atoms with van der Waals surface area (Å²) >= 11 is 1.45. The molecule has 1 unspecified atom stereocenters. The largest absolute Gasteiger partial charge is 0.335 e. The van der Waals surface area contributed by atoms with Crippen molar-refractivity contribution >= 4 is 38.4 Å². The Morgan fingerprint density at radius 3 is 2.64 bits per heavy atom. The second-order valence-corrected chi connectivity index (χ2v) is 11.1. The molecule has 1 amide bonds. The van der Waals surface area contributed by atoms with Gasteiger partial charge in [-0.1, -0.05) is 42.8 Å². The molecule has 0 radical (unpaired) electrons. The molecule has 150 valence electrons. The smallest absolute Gasteiger partial charge is 0.233 e. The minimum Gasteiger partial charge on any atom is -0.335 e. The normalized spacial score (nSPS) is 22.0. The third kappa shape index (κ3) is 4.20. The summed E-state index contributed by atoms with van der Waals surface area (Å²) in [4.78, 5) is 19.7. The molecule has 0 spiro atoms. The maximum absolute atomic E-state index is 13.1. The SMILES string of the molecule is Cc1cc(SCC(=O)N(C2CCCC2)C2CCS(=O)(=O)C2)nc2ccccc12. The van der Waals surface area contributed by atoms with Gasteiger partial charge in [0, 0.05) is 17.5 Å². The third-order valence-electron chi connectivity index (χ3n) is 5.85. The van der Waals surface area contributed by atoms with Crippen molar-refractivity contribution in [1.82, 2.24) is 9.88 Å². The molecule has 0 N–H and O–H groups in total. The molecule has 7 heteroatoms. The number of aryl methyl sites for hydroxylation is 1. The van der Waals surface area contributed by atoms with E-state index in [0.29, 0.717) is 12.2 Å². The van der Waals surface area contributed by atoms with Crippen molar-refractivity contribution in [1.29, 1.82) is 0 Å². The van der Waals surface area contributed by atoms with E-state index in [-0.39, 0.29) is 29.5 Å². The van der Waals surface area contributed by atoms with E-state index in [4.69, 9.17) is 0 Å². The summed E-state index contributed by atoms with van der Waals surface area (Å²) in [7, 11) is -3.01. The zero-order chi connectivity index (χ0) is 19.7. The number of nitrogens with zero attached hydrogens (tertiary/aromatic N) is 2. The van der Waals surface area contributed by atoms with Crippen LogP contribution in [-0.2, 0) is 14.6 Å². The lowest BCUT2D eigenvalue weighted by atomic mass is 10.1. The van der Waals surface area contributed by atoms with Crippen LogP contribution in [0.1, 0.15) is 37.7 Å². The number of carbonyl (C=O) groups excluding carboxylic acids is 1. The summed E-state index contributed by atoms with van der Waals surface area (Å²) in [5, 5.41) is 1.97. The topological polar surface area (TPSA) is 67.3 Å². The average molecular weight is 419 g/mol. The number of sulfone groups is 1. The lowest BCUT2D eigenvalue weighted by Crippen LogP contribution is -2.47. The molecule has 1 aromatic heterocycles. The van der Waals surface area contributed by atoms with Gasteiger partial charge in [0.1, 0.15) is 0 Å². The first-order valence-corrected chi connectivity index (χ1v) is 12.7. The number of hydrogen-bond donors (Lipinski definition) is 0. The van der Waals surface area contributed by atoms with Crippen molar-refractivity contribution < 1.29 is 13.2 Å². The zero-order valence-electron chi connectivity index (χ0n) is 16.1. The molecule has 2 aliphatic rings. The Balaban J connectivity index is 1.50. The molecule has 1 aliphatic carbocycles. The van der Waals surface area contributed by atoms with Crippen molar-refractivity contribution in [3.63, 3.8) is 0 Å². The van der Waals surface area contributed by atoms with Gasteiger partial charge in [-0.2, -0.15) is 0 Å². The zero-order valence-corrected chi connectivity index (χ0v) is 17.8. The maximum atomic E-state index is 13.1. The summed E-state index contributed by atoms with van der Waals surface area (Å²) in [6.07, 6.45) is 4.78. The van der Waals surface area contributed by atoms with Gasteiger partial charge in [0.05, 0.1) is 27.8 Å². The third-order valence-corrected chi connectivity index (χ3v) is 8.50. The van der Waals surface area contributed by atoms with Crippen LogP contribution in [0.4, 0.5) is 0 Å². The molecule has 0 bridgehead atoms. The summed E-state index contributed by atoms with van der Waals surface area (Å²) in [6.45, 7) is 2.06. The fraction of sp³-hybridized carbons (Fsp3) is 0.524. The van der Waals surface area contributed by atoms with Crippen molar-refractivity contribution in [3.05, 3.63) is 35.9 Å². The molecule has 2 heterocycles. The van der Waals surface area contributed by atoms with Gasteiger partial charge in [-0.05, 0) is 43.9 Å². The van der Waals surface area contributed by atoms with Gasteiger partial charge in [0.15, 0.2) is 9.84 Å². The van der Waals surface area contributed by atoms with Crippen molar-refractivity contribution in [2.75, 3.05) is 17.3 Å². The predicted molar refractivity (Wildman–Crippen MR) is 113 cm³/mol. The van der Waals surface area contributed by atoms with E-state index in [0.717, 1.165) is 47.2 Å². The molecule has 4 rings (SSSR count). The van der Waals surface area contributed by atoms with Gasteiger partial charge < -0.3 is 4.90 Å². The number of amides is 1. The molecule has 2 fully saturated rings. The minimum atomic E-state index is -3.01. The Morgan fingerprint density at radius 1 is 1.18 bits per heavy atom. The summed E-state index contributed by atoms with van der Waals surface area (Å²) in [5.74, 6) is 0.671. The summed E-state index contributed by atoms with van der Waals surface area (Å²) in [5.41, 5.74) is 2.09. The minimum absolute atomic E-state index is 0.0478. The molecule has 5 nitrogen and oxygen atoms in total. The number of pyridine rings is 1. The van der Waals surface area contributed by atoms with Crippen LogP contribution in [-0.4, -0.2) is 53.6 Å². The summed E-state index contributed by atoms with van der Waals surface area (Å²) in [6, 6.07) is 10.1. The number of rotatable bonds is 5. The molecule has 1 saturated carbocycles. The van der Waals surface area contributed by atoms with Crippen LogP contribution in [0.25, 0.3) is 10.9 Å². The Bertz CT molecular complexity index is 984. The number of fused-ring (bicyclic) bond motifs is 1. The molecule has 1 atom stereocenters. The highest BCUT2D eigenvalue weighted by molar-refractivity contribution is 7.99. The van der Waals surface area contributed by atoms with Gasteiger partial charge in [0.25, 0.3) is 0 Å². The van der Waals surface area contributed by atoms with Crippen LogP contribution < -0.4 is 0 Å². The second kappa shape index (κ2) is 8.03. The number of para-hydroxylation sites is 1. The monoisotopic (exact) mass is 418 g/mol.